The van der Waals surface area contributed by atoms with Gasteiger partial charge in [-0.25, -0.2) is 25.3 Å². The second kappa shape index (κ2) is 24.6. The third-order valence-corrected chi connectivity index (χ3v) is 17.5. The molecule has 6 aromatic carbocycles. The first kappa shape index (κ1) is 56.0. The SMILES string of the molecule is COc1cc(Cl)c(Br)cc1S(=O)(=O)Cc1cnc2ccccc2c1.COc1cc(Cl)c(Br)cc1S(=O)(=O)Cl.COc1cc(Cl)ccc1S(=O)(=O)Cc1cnc2ccccc2c1.Nc1cnc2ccccc2c1. The van der Waals surface area contributed by atoms with E-state index in [1.54, 1.807) is 18.6 Å². The number of pyridine rings is 3. The van der Waals surface area contributed by atoms with Crippen molar-refractivity contribution in [1.82, 2.24) is 15.0 Å². The number of rotatable bonds is 10. The number of methoxy groups -OCH3 is 3. The van der Waals surface area contributed by atoms with Crippen molar-refractivity contribution in [3.05, 3.63) is 187 Å². The topological polar surface area (TPSA) is 195 Å². The fraction of sp³-hybridized carbons (Fsp3) is 0.100. The minimum atomic E-state index is -3.83. The van der Waals surface area contributed by atoms with Crippen molar-refractivity contribution in [3.63, 3.8) is 0 Å². The summed E-state index contributed by atoms with van der Waals surface area (Å²) >= 11 is 24.0. The largest absolute Gasteiger partial charge is 0.495 e. The smallest absolute Gasteiger partial charge is 0.265 e. The molecule has 3 aromatic heterocycles. The number of sulfone groups is 2. The van der Waals surface area contributed by atoms with Crippen molar-refractivity contribution in [3.8, 4) is 17.2 Å². The summed E-state index contributed by atoms with van der Waals surface area (Å²) < 4.78 is 89.3. The summed E-state index contributed by atoms with van der Waals surface area (Å²) in [5.74, 6) is 0.259. The highest BCUT2D eigenvalue weighted by atomic mass is 79.9. The molecular formula is C50H40Br2Cl4N4O9S3. The fourth-order valence-electron chi connectivity index (χ4n) is 6.75. The summed E-state index contributed by atoms with van der Waals surface area (Å²) in [5, 5.41) is 4.06. The molecule has 0 fully saturated rings. The highest BCUT2D eigenvalue weighted by Gasteiger charge is 2.24. The Bertz CT molecular complexity index is 3790. The number of nitrogens with zero attached hydrogens (tertiary/aromatic N) is 3. The lowest BCUT2D eigenvalue weighted by atomic mass is 10.2. The van der Waals surface area contributed by atoms with E-state index in [-0.39, 0.29) is 43.4 Å². The lowest BCUT2D eigenvalue weighted by molar-refractivity contribution is 0.402. The lowest BCUT2D eigenvalue weighted by Gasteiger charge is -2.11. The van der Waals surface area contributed by atoms with Crippen molar-refractivity contribution in [2.75, 3.05) is 27.1 Å². The average Bonchev–Trinajstić information content (AvgIpc) is 3.35. The molecule has 0 radical (unpaired) electrons. The number of anilines is 1. The van der Waals surface area contributed by atoms with Crippen molar-refractivity contribution < 1.29 is 39.5 Å². The summed E-state index contributed by atoms with van der Waals surface area (Å²) in [6.07, 6.45) is 4.84. The molecule has 9 rings (SSSR count). The lowest BCUT2D eigenvalue weighted by Crippen LogP contribution is -2.07. The van der Waals surface area contributed by atoms with Crippen LogP contribution in [0.25, 0.3) is 32.7 Å². The molecule has 9 aromatic rings. The van der Waals surface area contributed by atoms with Crippen LogP contribution in [0.4, 0.5) is 5.69 Å². The molecule has 72 heavy (non-hydrogen) atoms. The first-order valence-electron chi connectivity index (χ1n) is 20.7. The highest BCUT2D eigenvalue weighted by molar-refractivity contribution is 9.10. The molecule has 0 amide bonds. The number of benzene rings is 6. The van der Waals surface area contributed by atoms with Gasteiger partial charge in [0.05, 0.1) is 71.3 Å². The van der Waals surface area contributed by atoms with E-state index in [0.29, 0.717) is 40.8 Å². The summed E-state index contributed by atoms with van der Waals surface area (Å²) in [6.45, 7) is 0. The Morgan fingerprint density at radius 1 is 0.486 bits per heavy atom. The summed E-state index contributed by atoms with van der Waals surface area (Å²) in [7, 11) is -1.64. The standard InChI is InChI=1S/C17H13BrClNO3S.C17H14ClNO3S.C9H8N2.C7H5BrCl2O3S/c1-23-16-8-14(19)13(18)7-17(16)24(21,22)10-11-6-12-4-2-3-5-15(12)20-9-11;1-22-16-9-14(18)6-7-17(16)23(20,21)11-12-8-13-4-2-3-5-15(13)19-10-12;10-8-5-7-3-1-2-4-9(7)11-6-8;1-13-6-3-5(9)4(8)2-7(6)14(10,11)12/h2-9H,10H2,1H3;2-10H,11H2,1H3;1-6H,10H2;2-3H,1H3. The van der Waals surface area contributed by atoms with E-state index in [4.69, 9.17) is 65.4 Å². The molecule has 0 bridgehead atoms. The Hall–Kier alpha value is -5.28. The molecule has 22 heteroatoms. The van der Waals surface area contributed by atoms with Gasteiger partial charge in [0.2, 0.25) is 0 Å². The maximum absolute atomic E-state index is 12.8. The van der Waals surface area contributed by atoms with Gasteiger partial charge in [-0.3, -0.25) is 15.0 Å². The van der Waals surface area contributed by atoms with E-state index < -0.39 is 28.7 Å². The van der Waals surface area contributed by atoms with E-state index in [1.807, 2.05) is 91.0 Å². The Labute approximate surface area is 452 Å². The molecule has 3 heterocycles. The fourth-order valence-corrected chi connectivity index (χ4v) is 12.2. The van der Waals surface area contributed by atoms with Crippen LogP contribution in [-0.2, 0) is 40.2 Å². The normalized spacial score (nSPS) is 11.3. The summed E-state index contributed by atoms with van der Waals surface area (Å²) in [5.41, 5.74) is 10.2. The predicted molar refractivity (Wildman–Crippen MR) is 294 cm³/mol. The van der Waals surface area contributed by atoms with Crippen LogP contribution >= 0.6 is 77.3 Å². The van der Waals surface area contributed by atoms with E-state index in [1.165, 1.54) is 63.8 Å². The van der Waals surface area contributed by atoms with Crippen LogP contribution < -0.4 is 19.9 Å². The van der Waals surface area contributed by atoms with Crippen molar-refractivity contribution in [1.29, 1.82) is 0 Å². The zero-order valence-electron chi connectivity index (χ0n) is 37.9. The van der Waals surface area contributed by atoms with Crippen molar-refractivity contribution >= 4 is 144 Å². The number of nitrogens with two attached hydrogens (primary N) is 1. The number of hydrogen-bond donors (Lipinski definition) is 1. The quantitative estimate of drug-likeness (QED) is 0.127. The van der Waals surface area contributed by atoms with Crippen LogP contribution in [0.1, 0.15) is 11.1 Å². The molecule has 0 unspecified atom stereocenters. The predicted octanol–water partition coefficient (Wildman–Crippen LogP) is 13.4. The number of nitrogen functional groups attached to an aromatic ring is 1. The van der Waals surface area contributed by atoms with E-state index in [2.05, 4.69) is 46.8 Å². The van der Waals surface area contributed by atoms with Crippen molar-refractivity contribution in [2.24, 2.45) is 0 Å². The maximum Gasteiger partial charge on any atom is 0.265 e. The van der Waals surface area contributed by atoms with Gasteiger partial charge in [-0.2, -0.15) is 0 Å². The van der Waals surface area contributed by atoms with Gasteiger partial charge in [0.1, 0.15) is 31.9 Å². The molecule has 13 nitrogen and oxygen atoms in total. The van der Waals surface area contributed by atoms with Gasteiger partial charge in [-0.15, -0.1) is 0 Å². The second-order valence-electron chi connectivity index (χ2n) is 15.1. The Balaban J connectivity index is 0.000000164. The van der Waals surface area contributed by atoms with Gasteiger partial charge >= 0.3 is 0 Å². The summed E-state index contributed by atoms with van der Waals surface area (Å²) in [6, 6.07) is 38.7. The molecule has 374 valence electrons. The molecule has 0 spiro atoms. The van der Waals surface area contributed by atoms with Gasteiger partial charge < -0.3 is 19.9 Å². The molecule has 0 aliphatic heterocycles. The van der Waals surface area contributed by atoms with Crippen LogP contribution in [0.5, 0.6) is 17.2 Å². The molecule has 2 N–H and O–H groups in total. The Morgan fingerprint density at radius 3 is 1.33 bits per heavy atom. The Morgan fingerprint density at radius 2 is 0.875 bits per heavy atom. The number of ether oxygens (including phenoxy) is 3. The van der Waals surface area contributed by atoms with Gasteiger partial charge in [0.25, 0.3) is 9.05 Å². The number of halogens is 6. The van der Waals surface area contributed by atoms with E-state index in [0.717, 1.165) is 32.7 Å². The minimum absolute atomic E-state index is 0.0921. The third kappa shape index (κ3) is 14.7. The van der Waals surface area contributed by atoms with Gasteiger partial charge in [-0.1, -0.05) is 89.4 Å². The van der Waals surface area contributed by atoms with Crippen LogP contribution in [0.2, 0.25) is 15.1 Å². The Kier molecular flexibility index (Phi) is 19.2. The van der Waals surface area contributed by atoms with E-state index >= 15 is 0 Å². The first-order chi connectivity index (χ1) is 34.1. The van der Waals surface area contributed by atoms with Crippen molar-refractivity contribution in [2.45, 2.75) is 26.2 Å². The zero-order chi connectivity index (χ0) is 52.4. The third-order valence-electron chi connectivity index (χ3n) is 10.1. The number of para-hydroxylation sites is 3. The maximum atomic E-state index is 12.8. The first-order valence-corrected chi connectivity index (χ1v) is 29.0. The second-order valence-corrected chi connectivity index (χ2v) is 24.5. The highest BCUT2D eigenvalue weighted by Crippen LogP contribution is 2.37. The zero-order valence-corrected chi connectivity index (χ0v) is 46.6. The van der Waals surface area contributed by atoms with E-state index in [9.17, 15) is 25.3 Å². The molecular weight excluding hydrogens is 1200 g/mol. The van der Waals surface area contributed by atoms with Crippen LogP contribution in [0, 0.1) is 0 Å². The van der Waals surface area contributed by atoms with Crippen LogP contribution in [0.15, 0.2) is 176 Å². The number of aromatic nitrogens is 3. The molecule has 0 aliphatic rings. The van der Waals surface area contributed by atoms with Gasteiger partial charge in [0.15, 0.2) is 19.7 Å². The molecule has 0 saturated carbocycles. The molecule has 0 atom stereocenters. The van der Waals surface area contributed by atoms with Gasteiger partial charge in [-0.05, 0) is 104 Å². The number of hydrogen-bond acceptors (Lipinski definition) is 13. The summed E-state index contributed by atoms with van der Waals surface area (Å²) in [4.78, 5) is 12.9. The molecule has 0 saturated heterocycles. The minimum Gasteiger partial charge on any atom is -0.495 e. The number of fused-ring (bicyclic) bond motifs is 3. The van der Waals surface area contributed by atoms with Crippen LogP contribution in [0.3, 0.4) is 0 Å². The average molecular weight is 1240 g/mol. The molecule has 0 aliphatic carbocycles. The monoisotopic (exact) mass is 1230 g/mol. The van der Waals surface area contributed by atoms with Crippen LogP contribution in [-0.4, -0.2) is 61.5 Å². The van der Waals surface area contributed by atoms with Gasteiger partial charge in [0, 0.05) is 71.4 Å².